The lowest BCUT2D eigenvalue weighted by Gasteiger charge is -2.32. The van der Waals surface area contributed by atoms with Gasteiger partial charge in [0.05, 0.1) is 7.11 Å². The maximum atomic E-state index is 12.7. The molecule has 0 fully saturated rings. The van der Waals surface area contributed by atoms with E-state index in [4.69, 9.17) is 14.2 Å². The highest BCUT2D eigenvalue weighted by Gasteiger charge is 2.35. The number of Topliss-reactive ketones (excluding diaryl/α,β-unsaturated/α-hetero) is 1. The molecule has 0 saturated heterocycles. The molecular formula is C29H28N2O4. The summed E-state index contributed by atoms with van der Waals surface area (Å²) in [5.74, 6) is 2.93. The molecular weight excluding hydrogens is 440 g/mol. The van der Waals surface area contributed by atoms with Crippen LogP contribution in [-0.4, -0.2) is 22.9 Å². The number of nitrogens with one attached hydrogen (secondary N) is 1. The van der Waals surface area contributed by atoms with Gasteiger partial charge in [0.25, 0.3) is 0 Å². The summed E-state index contributed by atoms with van der Waals surface area (Å²) in [5, 5.41) is 0. The molecule has 1 aliphatic rings. The molecule has 1 aromatic heterocycles. The van der Waals surface area contributed by atoms with Crippen molar-refractivity contribution in [3.63, 3.8) is 0 Å². The van der Waals surface area contributed by atoms with Crippen molar-refractivity contribution in [1.82, 2.24) is 9.97 Å². The van der Waals surface area contributed by atoms with Crippen molar-refractivity contribution in [3.8, 4) is 17.2 Å². The molecule has 6 nitrogen and oxygen atoms in total. The van der Waals surface area contributed by atoms with E-state index in [1.54, 1.807) is 19.5 Å². The van der Waals surface area contributed by atoms with Gasteiger partial charge < -0.3 is 19.2 Å². The summed E-state index contributed by atoms with van der Waals surface area (Å²) in [5.41, 5.74) is 2.72. The molecule has 6 heteroatoms. The minimum Gasteiger partial charge on any atom is -0.497 e. The van der Waals surface area contributed by atoms with Crippen molar-refractivity contribution >= 4 is 5.78 Å². The molecule has 1 N–H and O–H groups in total. The lowest BCUT2D eigenvalue weighted by molar-refractivity contribution is 0.0970. The van der Waals surface area contributed by atoms with Gasteiger partial charge in [0.1, 0.15) is 23.9 Å². The molecule has 3 aromatic carbocycles. The summed E-state index contributed by atoms with van der Waals surface area (Å²) in [4.78, 5) is 20.4. The first-order valence-corrected chi connectivity index (χ1v) is 11.8. The number of fused-ring (bicyclic) bond motifs is 1. The highest BCUT2D eigenvalue weighted by atomic mass is 16.5. The molecule has 0 radical (unpaired) electrons. The number of hydrogen-bond acceptors (Lipinski definition) is 5. The Hall–Kier alpha value is -4.06. The summed E-state index contributed by atoms with van der Waals surface area (Å²) < 4.78 is 18.3. The van der Waals surface area contributed by atoms with Crippen molar-refractivity contribution in [2.24, 2.45) is 0 Å². The number of methoxy groups -OCH3 is 1. The summed E-state index contributed by atoms with van der Waals surface area (Å²) in [6.07, 6.45) is 5.70. The zero-order valence-electron chi connectivity index (χ0n) is 19.9. The first kappa shape index (κ1) is 22.7. The fourth-order valence-corrected chi connectivity index (χ4v) is 4.63. The smallest absolute Gasteiger partial charge is 0.188 e. The van der Waals surface area contributed by atoms with Crippen LogP contribution in [0, 0.1) is 0 Å². The summed E-state index contributed by atoms with van der Waals surface area (Å²) in [6.45, 7) is 2.26. The summed E-state index contributed by atoms with van der Waals surface area (Å²) >= 11 is 0. The number of rotatable bonds is 8. The van der Waals surface area contributed by atoms with E-state index < -0.39 is 5.60 Å². The Morgan fingerprint density at radius 2 is 1.83 bits per heavy atom. The fourth-order valence-electron chi connectivity index (χ4n) is 4.63. The molecule has 1 atom stereocenters. The second-order valence-corrected chi connectivity index (χ2v) is 8.75. The first-order valence-electron chi connectivity index (χ1n) is 11.8. The minimum atomic E-state index is -0.873. The highest BCUT2D eigenvalue weighted by Crippen LogP contribution is 2.38. The van der Waals surface area contributed by atoms with E-state index >= 15 is 0 Å². The van der Waals surface area contributed by atoms with Crippen LogP contribution in [0.2, 0.25) is 0 Å². The van der Waals surface area contributed by atoms with Crippen molar-refractivity contribution in [1.29, 1.82) is 0 Å². The maximum Gasteiger partial charge on any atom is 0.188 e. The van der Waals surface area contributed by atoms with Gasteiger partial charge in [0, 0.05) is 41.6 Å². The number of imidazole rings is 1. The Balaban J connectivity index is 1.56. The van der Waals surface area contributed by atoms with Crippen LogP contribution >= 0.6 is 0 Å². The Morgan fingerprint density at radius 1 is 1.00 bits per heavy atom. The van der Waals surface area contributed by atoms with E-state index in [0.717, 1.165) is 40.8 Å². The van der Waals surface area contributed by atoms with Crippen LogP contribution in [0.15, 0.2) is 79.1 Å². The SMILES string of the molecule is COc1cccc(OCc2c(O[C@@](C)(c3ccccc3)c3ncc[nH]3)ccc3c2CCCC3=O)c1. The van der Waals surface area contributed by atoms with Crippen molar-refractivity contribution in [2.45, 2.75) is 38.4 Å². The quantitative estimate of drug-likeness (QED) is 0.351. The molecule has 35 heavy (non-hydrogen) atoms. The van der Waals surface area contributed by atoms with E-state index in [0.29, 0.717) is 23.7 Å². The standard InChI is InChI=1S/C29H28N2O4/c1-29(28-30-16-17-31-28,20-8-4-3-5-9-20)35-27-15-14-24-23(12-7-13-26(24)32)25(27)19-34-22-11-6-10-21(18-22)33-2/h3-6,8-11,14-18H,7,12-13,19H2,1-2H3,(H,30,31)/t29-/m0/s1. The van der Waals surface area contributed by atoms with Gasteiger partial charge in [-0.15, -0.1) is 0 Å². The third kappa shape index (κ3) is 4.52. The Labute approximate surface area is 204 Å². The molecule has 5 rings (SSSR count). The Kier molecular flexibility index (Phi) is 6.27. The Morgan fingerprint density at radius 3 is 2.60 bits per heavy atom. The van der Waals surface area contributed by atoms with Crippen molar-refractivity contribution < 1.29 is 19.0 Å². The number of ketones is 1. The number of hydrogen-bond donors (Lipinski definition) is 1. The number of nitrogens with zero attached hydrogens (tertiary/aromatic N) is 1. The maximum absolute atomic E-state index is 12.7. The number of H-pyrrole nitrogens is 1. The van der Waals surface area contributed by atoms with Gasteiger partial charge in [-0.1, -0.05) is 36.4 Å². The van der Waals surface area contributed by atoms with E-state index in [2.05, 4.69) is 9.97 Å². The van der Waals surface area contributed by atoms with E-state index in [1.807, 2.05) is 73.7 Å². The van der Waals surface area contributed by atoms with Gasteiger partial charge in [-0.25, -0.2) is 4.98 Å². The lowest BCUT2D eigenvalue weighted by atomic mass is 9.86. The topological polar surface area (TPSA) is 73.4 Å². The summed E-state index contributed by atoms with van der Waals surface area (Å²) in [7, 11) is 1.63. The number of ether oxygens (including phenoxy) is 3. The van der Waals surface area contributed by atoms with Crippen LogP contribution in [-0.2, 0) is 18.6 Å². The van der Waals surface area contributed by atoms with Crippen LogP contribution in [0.25, 0.3) is 0 Å². The molecule has 0 bridgehead atoms. The molecule has 0 saturated carbocycles. The fraction of sp³-hybridized carbons (Fsp3) is 0.241. The number of carbonyl (C=O) groups is 1. The van der Waals surface area contributed by atoms with Gasteiger partial charge in [0.15, 0.2) is 17.2 Å². The zero-order chi connectivity index (χ0) is 24.3. The average molecular weight is 469 g/mol. The van der Waals surface area contributed by atoms with Crippen LogP contribution in [0.5, 0.6) is 17.2 Å². The molecule has 4 aromatic rings. The third-order valence-corrected chi connectivity index (χ3v) is 6.53. The molecule has 1 aliphatic carbocycles. The zero-order valence-corrected chi connectivity index (χ0v) is 19.9. The van der Waals surface area contributed by atoms with Gasteiger partial charge in [-0.05, 0) is 49.6 Å². The monoisotopic (exact) mass is 468 g/mol. The number of aromatic nitrogens is 2. The molecule has 0 amide bonds. The van der Waals surface area contributed by atoms with E-state index in [1.165, 1.54) is 0 Å². The normalized spacial score (nSPS) is 14.6. The molecule has 0 spiro atoms. The van der Waals surface area contributed by atoms with Crippen LogP contribution < -0.4 is 14.2 Å². The van der Waals surface area contributed by atoms with Crippen LogP contribution in [0.1, 0.15) is 52.6 Å². The van der Waals surface area contributed by atoms with Crippen LogP contribution in [0.3, 0.4) is 0 Å². The predicted octanol–water partition coefficient (Wildman–Crippen LogP) is 5.86. The van der Waals surface area contributed by atoms with Gasteiger partial charge >= 0.3 is 0 Å². The van der Waals surface area contributed by atoms with Gasteiger partial charge in [0.2, 0.25) is 0 Å². The summed E-state index contributed by atoms with van der Waals surface area (Å²) in [6, 6.07) is 21.3. The number of benzene rings is 3. The minimum absolute atomic E-state index is 0.164. The average Bonchev–Trinajstić information content (AvgIpc) is 3.45. The predicted molar refractivity (Wildman–Crippen MR) is 133 cm³/mol. The Bertz CT molecular complexity index is 1320. The third-order valence-electron chi connectivity index (χ3n) is 6.53. The largest absolute Gasteiger partial charge is 0.497 e. The second-order valence-electron chi connectivity index (χ2n) is 8.75. The van der Waals surface area contributed by atoms with Crippen LogP contribution in [0.4, 0.5) is 0 Å². The van der Waals surface area contributed by atoms with Gasteiger partial charge in [-0.2, -0.15) is 0 Å². The molecule has 0 aliphatic heterocycles. The lowest BCUT2D eigenvalue weighted by Crippen LogP contribution is -2.33. The molecule has 0 unspecified atom stereocenters. The number of aromatic amines is 1. The van der Waals surface area contributed by atoms with Crippen molar-refractivity contribution in [2.75, 3.05) is 7.11 Å². The van der Waals surface area contributed by atoms with E-state index in [-0.39, 0.29) is 12.4 Å². The first-order chi connectivity index (χ1) is 17.1. The molecule has 178 valence electrons. The second kappa shape index (κ2) is 9.66. The van der Waals surface area contributed by atoms with E-state index in [9.17, 15) is 4.79 Å². The van der Waals surface area contributed by atoms with Crippen molar-refractivity contribution in [3.05, 3.63) is 107 Å². The molecule has 1 heterocycles. The number of carbonyl (C=O) groups excluding carboxylic acids is 1. The highest BCUT2D eigenvalue weighted by molar-refractivity contribution is 5.99. The van der Waals surface area contributed by atoms with Gasteiger partial charge in [-0.3, -0.25) is 4.79 Å².